The summed E-state index contributed by atoms with van der Waals surface area (Å²) in [6, 6.07) is 5.33. The highest BCUT2D eigenvalue weighted by Crippen LogP contribution is 2.36. The van der Waals surface area contributed by atoms with E-state index in [1.54, 1.807) is 17.0 Å². The Kier molecular flexibility index (Phi) is 7.06. The van der Waals surface area contributed by atoms with Gasteiger partial charge in [-0.2, -0.15) is 0 Å². The standard InChI is InChI=1S/C24H32ClN3O3/c1-17-16-28(21-15-20(25)7-8-22(21)31-17)24(30)27-13-10-19(11-14-27)23(29)26-12-9-18-5-3-2-4-6-18/h5,7-8,15,17,19H,2-4,6,9-14,16H2,1H3,(H,26,29)/t17-/m1/s1. The Morgan fingerprint density at radius 1 is 1.23 bits per heavy atom. The summed E-state index contributed by atoms with van der Waals surface area (Å²) in [5.74, 6) is 0.786. The molecule has 7 heteroatoms. The van der Waals surface area contributed by atoms with Crippen LogP contribution in [0.5, 0.6) is 5.75 Å². The molecule has 1 aliphatic carbocycles. The van der Waals surface area contributed by atoms with Crippen LogP contribution in [0.4, 0.5) is 10.5 Å². The van der Waals surface area contributed by atoms with Gasteiger partial charge in [-0.15, -0.1) is 0 Å². The largest absolute Gasteiger partial charge is 0.487 e. The molecule has 3 amide bonds. The first-order chi connectivity index (χ1) is 15.0. The van der Waals surface area contributed by atoms with E-state index >= 15 is 0 Å². The third-order valence-corrected chi connectivity index (χ3v) is 6.71. The fourth-order valence-electron chi connectivity index (χ4n) is 4.72. The van der Waals surface area contributed by atoms with Gasteiger partial charge in [-0.05, 0) is 70.1 Å². The van der Waals surface area contributed by atoms with Crippen LogP contribution in [0.3, 0.4) is 0 Å². The van der Waals surface area contributed by atoms with E-state index in [-0.39, 0.29) is 24.0 Å². The van der Waals surface area contributed by atoms with Crippen molar-refractivity contribution in [1.82, 2.24) is 10.2 Å². The highest BCUT2D eigenvalue weighted by Gasteiger charge is 2.34. The van der Waals surface area contributed by atoms with Crippen LogP contribution in [0.1, 0.15) is 51.9 Å². The SMILES string of the molecule is C[C@@H]1CN(C(=O)N2CCC(C(=O)NCCC3=CCCCC3)CC2)c2cc(Cl)ccc2O1. The molecule has 2 aliphatic heterocycles. The van der Waals surface area contributed by atoms with E-state index in [2.05, 4.69) is 11.4 Å². The fraction of sp³-hybridized carbons (Fsp3) is 0.583. The lowest BCUT2D eigenvalue weighted by Crippen LogP contribution is -2.52. The van der Waals surface area contributed by atoms with Gasteiger partial charge in [-0.3, -0.25) is 9.69 Å². The maximum Gasteiger partial charge on any atom is 0.324 e. The third-order valence-electron chi connectivity index (χ3n) is 6.48. The van der Waals surface area contributed by atoms with Crippen LogP contribution in [0.15, 0.2) is 29.8 Å². The fourth-order valence-corrected chi connectivity index (χ4v) is 4.88. The maximum atomic E-state index is 13.2. The van der Waals surface area contributed by atoms with E-state index in [1.165, 1.54) is 31.3 Å². The van der Waals surface area contributed by atoms with Crippen LogP contribution in [-0.4, -0.2) is 49.1 Å². The number of fused-ring (bicyclic) bond motifs is 1. The minimum Gasteiger partial charge on any atom is -0.487 e. The number of anilines is 1. The molecule has 1 atom stereocenters. The highest BCUT2D eigenvalue weighted by molar-refractivity contribution is 6.31. The van der Waals surface area contributed by atoms with Crippen molar-refractivity contribution >= 4 is 29.2 Å². The molecule has 0 bridgehead atoms. The molecule has 0 aromatic heterocycles. The summed E-state index contributed by atoms with van der Waals surface area (Å²) >= 11 is 6.16. The normalized spacial score (nSPS) is 21.7. The van der Waals surface area contributed by atoms with Crippen molar-refractivity contribution in [3.63, 3.8) is 0 Å². The average Bonchev–Trinajstić information content (AvgIpc) is 2.79. The van der Waals surface area contributed by atoms with Gasteiger partial charge in [-0.1, -0.05) is 23.3 Å². The van der Waals surface area contributed by atoms with E-state index in [4.69, 9.17) is 16.3 Å². The number of amides is 3. The van der Waals surface area contributed by atoms with E-state index in [0.29, 0.717) is 55.5 Å². The summed E-state index contributed by atoms with van der Waals surface area (Å²) < 4.78 is 5.86. The van der Waals surface area contributed by atoms with Crippen LogP contribution in [0, 0.1) is 5.92 Å². The number of ether oxygens (including phenoxy) is 1. The maximum absolute atomic E-state index is 13.2. The molecule has 1 fully saturated rings. The van der Waals surface area contributed by atoms with Crippen molar-refractivity contribution < 1.29 is 14.3 Å². The molecule has 3 aliphatic rings. The summed E-state index contributed by atoms with van der Waals surface area (Å²) in [7, 11) is 0. The molecule has 1 saturated heterocycles. The lowest BCUT2D eigenvalue weighted by Gasteiger charge is -2.39. The molecule has 1 aromatic rings. The summed E-state index contributed by atoms with van der Waals surface area (Å²) in [5.41, 5.74) is 2.19. The number of hydrogen-bond acceptors (Lipinski definition) is 3. The number of urea groups is 1. The molecule has 4 rings (SSSR count). The number of halogens is 1. The van der Waals surface area contributed by atoms with E-state index in [0.717, 1.165) is 6.42 Å². The predicted molar refractivity (Wildman–Crippen MR) is 123 cm³/mol. The first-order valence-electron chi connectivity index (χ1n) is 11.5. The van der Waals surface area contributed by atoms with Gasteiger partial charge >= 0.3 is 6.03 Å². The lowest BCUT2D eigenvalue weighted by molar-refractivity contribution is -0.126. The number of rotatable bonds is 4. The average molecular weight is 446 g/mol. The second-order valence-corrected chi connectivity index (χ2v) is 9.28. The zero-order valence-corrected chi connectivity index (χ0v) is 19.0. The zero-order valence-electron chi connectivity index (χ0n) is 18.2. The van der Waals surface area contributed by atoms with Gasteiger partial charge in [0.1, 0.15) is 11.9 Å². The number of carbonyl (C=O) groups excluding carboxylic acids is 2. The number of likely N-dealkylation sites (tertiary alicyclic amines) is 1. The summed E-state index contributed by atoms with van der Waals surface area (Å²) in [4.78, 5) is 29.4. The number of piperidine rings is 1. The van der Waals surface area contributed by atoms with E-state index < -0.39 is 0 Å². The Bertz CT molecular complexity index is 848. The topological polar surface area (TPSA) is 61.9 Å². The lowest BCUT2D eigenvalue weighted by atomic mass is 9.95. The Morgan fingerprint density at radius 2 is 2.03 bits per heavy atom. The number of nitrogens with one attached hydrogen (secondary N) is 1. The first-order valence-corrected chi connectivity index (χ1v) is 11.9. The van der Waals surface area contributed by atoms with Crippen LogP contribution in [0.2, 0.25) is 5.02 Å². The Balaban J connectivity index is 1.28. The smallest absolute Gasteiger partial charge is 0.324 e. The molecule has 1 aromatic carbocycles. The van der Waals surface area contributed by atoms with Gasteiger partial charge in [0.25, 0.3) is 0 Å². The molecular weight excluding hydrogens is 414 g/mol. The molecule has 2 heterocycles. The van der Waals surface area contributed by atoms with Crippen molar-refractivity contribution in [2.75, 3.05) is 31.1 Å². The van der Waals surface area contributed by atoms with Crippen LogP contribution in [0.25, 0.3) is 0 Å². The van der Waals surface area contributed by atoms with Gasteiger partial charge in [0.05, 0.1) is 12.2 Å². The number of allylic oxidation sites excluding steroid dienone is 1. The van der Waals surface area contributed by atoms with Gasteiger partial charge in [0, 0.05) is 30.6 Å². The molecule has 31 heavy (non-hydrogen) atoms. The van der Waals surface area contributed by atoms with Crippen molar-refractivity contribution in [2.24, 2.45) is 5.92 Å². The predicted octanol–water partition coefficient (Wildman–Crippen LogP) is 4.77. The molecule has 1 N–H and O–H groups in total. The molecule has 0 radical (unpaired) electrons. The minimum atomic E-state index is -0.0831. The number of carbonyl (C=O) groups is 2. The summed E-state index contributed by atoms with van der Waals surface area (Å²) in [5, 5.41) is 3.69. The number of hydrogen-bond donors (Lipinski definition) is 1. The molecule has 0 unspecified atom stereocenters. The minimum absolute atomic E-state index is 0.0188. The second-order valence-electron chi connectivity index (χ2n) is 8.84. The van der Waals surface area contributed by atoms with Crippen molar-refractivity contribution in [1.29, 1.82) is 0 Å². The third kappa shape index (κ3) is 5.35. The number of benzene rings is 1. The molecule has 168 valence electrons. The van der Waals surface area contributed by atoms with E-state index in [1.807, 2.05) is 17.9 Å². The molecule has 6 nitrogen and oxygen atoms in total. The Labute approximate surface area is 189 Å². The van der Waals surface area contributed by atoms with Gasteiger partial charge in [0.15, 0.2) is 0 Å². The molecule has 0 saturated carbocycles. The monoisotopic (exact) mass is 445 g/mol. The van der Waals surface area contributed by atoms with Gasteiger partial charge in [0.2, 0.25) is 5.91 Å². The van der Waals surface area contributed by atoms with Crippen molar-refractivity contribution in [2.45, 2.75) is 58.0 Å². The Morgan fingerprint density at radius 3 is 2.77 bits per heavy atom. The van der Waals surface area contributed by atoms with Gasteiger partial charge in [-0.25, -0.2) is 4.79 Å². The number of nitrogens with zero attached hydrogens (tertiary/aromatic N) is 2. The van der Waals surface area contributed by atoms with Crippen molar-refractivity contribution in [3.8, 4) is 5.75 Å². The highest BCUT2D eigenvalue weighted by atomic mass is 35.5. The first kappa shape index (κ1) is 22.0. The van der Waals surface area contributed by atoms with Gasteiger partial charge < -0.3 is 15.0 Å². The second kappa shape index (κ2) is 9.94. The summed E-state index contributed by atoms with van der Waals surface area (Å²) in [6.07, 6.45) is 9.50. The van der Waals surface area contributed by atoms with Crippen LogP contribution >= 0.6 is 11.6 Å². The van der Waals surface area contributed by atoms with Crippen LogP contribution < -0.4 is 15.0 Å². The van der Waals surface area contributed by atoms with Crippen molar-refractivity contribution in [3.05, 3.63) is 34.9 Å². The Hall–Kier alpha value is -2.21. The van der Waals surface area contributed by atoms with Crippen LogP contribution in [-0.2, 0) is 4.79 Å². The zero-order chi connectivity index (χ0) is 21.8. The quantitative estimate of drug-likeness (QED) is 0.679. The van der Waals surface area contributed by atoms with E-state index in [9.17, 15) is 9.59 Å². The molecule has 0 spiro atoms. The summed E-state index contributed by atoms with van der Waals surface area (Å²) in [6.45, 7) is 4.33. The molecular formula is C24H32ClN3O3.